The monoisotopic (exact) mass is 500 g/mol. The number of rotatable bonds is 13. The van der Waals surface area contributed by atoms with E-state index in [0.29, 0.717) is 0 Å². The third-order valence-corrected chi connectivity index (χ3v) is 8.59. The summed E-state index contributed by atoms with van der Waals surface area (Å²) in [6.07, 6.45) is 19.0. The molecular weight excluding hydrogens is 456 g/mol. The van der Waals surface area contributed by atoms with Gasteiger partial charge in [-0.05, 0) is 103 Å². The van der Waals surface area contributed by atoms with Crippen molar-refractivity contribution in [2.75, 3.05) is 0 Å². The summed E-state index contributed by atoms with van der Waals surface area (Å²) < 4.78 is 0. The van der Waals surface area contributed by atoms with Crippen LogP contribution in [0.4, 0.5) is 0 Å². The molecule has 3 aromatic rings. The minimum absolute atomic E-state index is 0.771. The number of aryl methyl sites for hydroxylation is 2. The summed E-state index contributed by atoms with van der Waals surface area (Å²) in [6, 6.07) is 26.9. The highest BCUT2D eigenvalue weighted by Gasteiger charge is 2.22. The SMILES string of the molecule is CCCCCCCCCc1ccc([C@H]2CC[C@H](CCc3ccc(-c4ccc(Cl)cc4)cc3)CC2)cc1. The number of hydrogen-bond acceptors (Lipinski definition) is 0. The predicted octanol–water partition coefficient (Wildman–Crippen LogP) is 11.2. The topological polar surface area (TPSA) is 0 Å². The Morgan fingerprint density at radius 3 is 1.75 bits per heavy atom. The van der Waals surface area contributed by atoms with Crippen molar-refractivity contribution in [3.05, 3.63) is 94.5 Å². The molecule has 0 atom stereocenters. The van der Waals surface area contributed by atoms with Crippen molar-refractivity contribution in [1.82, 2.24) is 0 Å². The smallest absolute Gasteiger partial charge is 0.0406 e. The summed E-state index contributed by atoms with van der Waals surface area (Å²) in [5.74, 6) is 1.65. The Labute approximate surface area is 225 Å². The lowest BCUT2D eigenvalue weighted by atomic mass is 9.76. The fraction of sp³-hybridized carbons (Fsp3) is 0.486. The van der Waals surface area contributed by atoms with Crippen LogP contribution in [0.15, 0.2) is 72.8 Å². The fourth-order valence-electron chi connectivity index (χ4n) is 5.90. The summed E-state index contributed by atoms with van der Waals surface area (Å²) in [5.41, 5.74) is 7.07. The van der Waals surface area contributed by atoms with Crippen molar-refractivity contribution in [3.8, 4) is 11.1 Å². The van der Waals surface area contributed by atoms with Crippen LogP contribution < -0.4 is 0 Å². The van der Waals surface area contributed by atoms with Gasteiger partial charge >= 0.3 is 0 Å². The van der Waals surface area contributed by atoms with Crippen molar-refractivity contribution in [2.24, 2.45) is 5.92 Å². The maximum Gasteiger partial charge on any atom is 0.0406 e. The van der Waals surface area contributed by atoms with Crippen molar-refractivity contribution >= 4 is 11.6 Å². The highest BCUT2D eigenvalue weighted by atomic mass is 35.5. The molecule has 4 rings (SSSR count). The highest BCUT2D eigenvalue weighted by molar-refractivity contribution is 6.30. The second kappa shape index (κ2) is 14.6. The minimum Gasteiger partial charge on any atom is -0.0843 e. The van der Waals surface area contributed by atoms with Gasteiger partial charge in [-0.1, -0.05) is 118 Å². The zero-order valence-corrected chi connectivity index (χ0v) is 23.1. The predicted molar refractivity (Wildman–Crippen MR) is 158 cm³/mol. The number of unbranched alkanes of at least 4 members (excludes halogenated alkanes) is 6. The molecule has 0 heterocycles. The molecule has 0 bridgehead atoms. The molecule has 1 fully saturated rings. The molecular formula is C35H45Cl. The van der Waals surface area contributed by atoms with Crippen LogP contribution in [0.2, 0.25) is 5.02 Å². The summed E-state index contributed by atoms with van der Waals surface area (Å²) >= 11 is 6.03. The second-order valence-electron chi connectivity index (χ2n) is 11.1. The minimum atomic E-state index is 0.771. The van der Waals surface area contributed by atoms with Gasteiger partial charge in [-0.2, -0.15) is 0 Å². The van der Waals surface area contributed by atoms with Gasteiger partial charge in [0, 0.05) is 5.02 Å². The van der Waals surface area contributed by atoms with Crippen LogP contribution in [0.5, 0.6) is 0 Å². The van der Waals surface area contributed by atoms with E-state index >= 15 is 0 Å². The quantitative estimate of drug-likeness (QED) is 0.205. The van der Waals surface area contributed by atoms with E-state index in [1.165, 1.54) is 112 Å². The lowest BCUT2D eigenvalue weighted by Gasteiger charge is -2.29. The molecule has 0 saturated heterocycles. The molecule has 1 aliphatic rings. The Morgan fingerprint density at radius 2 is 1.11 bits per heavy atom. The molecule has 0 radical (unpaired) electrons. The fourth-order valence-corrected chi connectivity index (χ4v) is 6.03. The molecule has 0 aliphatic heterocycles. The van der Waals surface area contributed by atoms with Crippen LogP contribution in [0.25, 0.3) is 11.1 Å². The van der Waals surface area contributed by atoms with Crippen LogP contribution in [-0.4, -0.2) is 0 Å². The van der Waals surface area contributed by atoms with Crippen LogP contribution in [0.3, 0.4) is 0 Å². The normalized spacial score (nSPS) is 17.8. The maximum atomic E-state index is 6.03. The van der Waals surface area contributed by atoms with Gasteiger partial charge < -0.3 is 0 Å². The lowest BCUT2D eigenvalue weighted by molar-refractivity contribution is 0.310. The highest BCUT2D eigenvalue weighted by Crippen LogP contribution is 2.37. The molecule has 1 heteroatoms. The van der Waals surface area contributed by atoms with Gasteiger partial charge in [0.15, 0.2) is 0 Å². The van der Waals surface area contributed by atoms with Gasteiger partial charge in [0.25, 0.3) is 0 Å². The van der Waals surface area contributed by atoms with Gasteiger partial charge in [-0.25, -0.2) is 0 Å². The Morgan fingerprint density at radius 1 is 0.583 bits per heavy atom. The van der Waals surface area contributed by atoms with Gasteiger partial charge in [0.1, 0.15) is 0 Å². The van der Waals surface area contributed by atoms with Gasteiger partial charge in [0.05, 0.1) is 0 Å². The van der Waals surface area contributed by atoms with Gasteiger partial charge in [-0.3, -0.25) is 0 Å². The summed E-state index contributed by atoms with van der Waals surface area (Å²) in [6.45, 7) is 2.29. The van der Waals surface area contributed by atoms with E-state index in [2.05, 4.69) is 67.6 Å². The zero-order valence-electron chi connectivity index (χ0n) is 22.4. The second-order valence-corrected chi connectivity index (χ2v) is 11.5. The van der Waals surface area contributed by atoms with Crippen LogP contribution >= 0.6 is 11.6 Å². The standard InChI is InChI=1S/C35H45Cl/c1-2-3-4-5-6-7-8-9-28-12-18-31(19-13-28)32-20-14-29(15-21-32)10-11-30-16-22-33(23-17-30)34-24-26-35(36)27-25-34/h12-13,16-19,22-27,29,32H,2-11,14-15,20-21H2,1H3/t29-,32-. The first-order valence-electron chi connectivity index (χ1n) is 14.6. The average molecular weight is 501 g/mol. The van der Waals surface area contributed by atoms with Crippen molar-refractivity contribution in [3.63, 3.8) is 0 Å². The molecule has 0 N–H and O–H groups in total. The molecule has 0 unspecified atom stereocenters. The van der Waals surface area contributed by atoms with E-state index in [0.717, 1.165) is 16.9 Å². The molecule has 36 heavy (non-hydrogen) atoms. The molecule has 0 nitrogen and oxygen atoms in total. The molecule has 0 spiro atoms. The van der Waals surface area contributed by atoms with Crippen molar-refractivity contribution in [1.29, 1.82) is 0 Å². The summed E-state index contributed by atoms with van der Waals surface area (Å²) in [4.78, 5) is 0. The molecule has 0 amide bonds. The van der Waals surface area contributed by atoms with Gasteiger partial charge in [0.2, 0.25) is 0 Å². The molecule has 1 aliphatic carbocycles. The van der Waals surface area contributed by atoms with E-state index in [9.17, 15) is 0 Å². The first-order valence-corrected chi connectivity index (χ1v) is 15.0. The van der Waals surface area contributed by atoms with Crippen molar-refractivity contribution in [2.45, 2.75) is 103 Å². The Hall–Kier alpha value is -2.05. The van der Waals surface area contributed by atoms with E-state index in [-0.39, 0.29) is 0 Å². The molecule has 3 aromatic carbocycles. The first kappa shape index (κ1) is 27.0. The summed E-state index contributed by atoms with van der Waals surface area (Å²) in [5, 5.41) is 0.793. The zero-order chi connectivity index (χ0) is 25.0. The number of hydrogen-bond donors (Lipinski definition) is 0. The first-order chi connectivity index (χ1) is 17.7. The molecule has 1 saturated carbocycles. The summed E-state index contributed by atoms with van der Waals surface area (Å²) in [7, 11) is 0. The Bertz CT molecular complexity index is 992. The van der Waals surface area contributed by atoms with E-state index in [1.54, 1.807) is 5.56 Å². The molecule has 0 aromatic heterocycles. The van der Waals surface area contributed by atoms with Gasteiger partial charge in [-0.15, -0.1) is 0 Å². The number of benzene rings is 3. The van der Waals surface area contributed by atoms with Crippen LogP contribution in [-0.2, 0) is 12.8 Å². The molecule has 192 valence electrons. The van der Waals surface area contributed by atoms with Crippen LogP contribution in [0.1, 0.15) is 107 Å². The van der Waals surface area contributed by atoms with E-state index in [4.69, 9.17) is 11.6 Å². The van der Waals surface area contributed by atoms with E-state index in [1.807, 2.05) is 12.1 Å². The van der Waals surface area contributed by atoms with Crippen molar-refractivity contribution < 1.29 is 0 Å². The van der Waals surface area contributed by atoms with Crippen LogP contribution in [0, 0.1) is 5.92 Å². The Balaban J connectivity index is 1.14. The third-order valence-electron chi connectivity index (χ3n) is 8.34. The largest absolute Gasteiger partial charge is 0.0843 e. The Kier molecular flexibility index (Phi) is 11.0. The number of halogens is 1. The lowest BCUT2D eigenvalue weighted by Crippen LogP contribution is -2.14. The third kappa shape index (κ3) is 8.52. The maximum absolute atomic E-state index is 6.03. The average Bonchev–Trinajstić information content (AvgIpc) is 2.93. The van der Waals surface area contributed by atoms with E-state index < -0.39 is 0 Å².